The van der Waals surface area contributed by atoms with E-state index in [9.17, 15) is 0 Å². The molecule has 0 aliphatic carbocycles. The van der Waals surface area contributed by atoms with E-state index < -0.39 is 9.28 Å². The maximum atomic E-state index is 5.49. The summed E-state index contributed by atoms with van der Waals surface area (Å²) in [6.45, 7) is 3.85. The quantitative estimate of drug-likeness (QED) is 0.544. The minimum atomic E-state index is -1.65. The Labute approximate surface area is 92.1 Å². The Bertz CT molecular complexity index is 296. The van der Waals surface area contributed by atoms with Crippen LogP contribution in [0.3, 0.4) is 0 Å². The van der Waals surface area contributed by atoms with Crippen LogP contribution in [-0.2, 0) is 13.6 Å². The monoisotopic (exact) mass is 224 g/mol. The maximum absolute atomic E-state index is 5.49. The molecule has 4 heteroatoms. The summed E-state index contributed by atoms with van der Waals surface area (Å²) in [6.07, 6.45) is 0.473. The SMILES string of the molecule is C=C(OC[SiH](OC)OC)c1ccccc1. The first-order valence-electron chi connectivity index (χ1n) is 4.70. The van der Waals surface area contributed by atoms with Gasteiger partial charge in [-0.25, -0.2) is 0 Å². The van der Waals surface area contributed by atoms with Crippen LogP contribution in [0.25, 0.3) is 5.76 Å². The van der Waals surface area contributed by atoms with Crippen molar-refractivity contribution in [1.82, 2.24) is 0 Å². The van der Waals surface area contributed by atoms with Gasteiger partial charge in [0.15, 0.2) is 0 Å². The van der Waals surface area contributed by atoms with Crippen molar-refractivity contribution in [3.63, 3.8) is 0 Å². The lowest BCUT2D eigenvalue weighted by Gasteiger charge is -2.13. The molecule has 0 aliphatic heterocycles. The molecule has 0 N–H and O–H groups in total. The molecule has 15 heavy (non-hydrogen) atoms. The van der Waals surface area contributed by atoms with Gasteiger partial charge >= 0.3 is 9.28 Å². The van der Waals surface area contributed by atoms with Crippen LogP contribution in [0, 0.1) is 0 Å². The Morgan fingerprint density at radius 3 is 2.33 bits per heavy atom. The normalized spacial score (nSPS) is 10.3. The zero-order valence-electron chi connectivity index (χ0n) is 9.10. The first-order valence-corrected chi connectivity index (χ1v) is 6.46. The van der Waals surface area contributed by atoms with Crippen molar-refractivity contribution in [3.05, 3.63) is 42.5 Å². The first-order chi connectivity index (χ1) is 7.27. The van der Waals surface area contributed by atoms with Gasteiger partial charge in [0, 0.05) is 19.8 Å². The lowest BCUT2D eigenvalue weighted by molar-refractivity contribution is 0.224. The molecule has 0 unspecified atom stereocenters. The number of hydrogen-bond donors (Lipinski definition) is 0. The summed E-state index contributed by atoms with van der Waals surface area (Å²) in [5.41, 5.74) is 0.984. The predicted molar refractivity (Wildman–Crippen MR) is 62.6 cm³/mol. The largest absolute Gasteiger partial charge is 0.492 e. The molecule has 0 aromatic heterocycles. The third-order valence-electron chi connectivity index (χ3n) is 2.02. The van der Waals surface area contributed by atoms with E-state index in [2.05, 4.69) is 6.58 Å². The molecule has 0 heterocycles. The van der Waals surface area contributed by atoms with Gasteiger partial charge in [-0.2, -0.15) is 0 Å². The summed E-state index contributed by atoms with van der Waals surface area (Å²) in [5, 5.41) is 0. The Hall–Kier alpha value is -1.10. The van der Waals surface area contributed by atoms with Gasteiger partial charge in [-0.1, -0.05) is 36.9 Å². The third-order valence-corrected chi connectivity index (χ3v) is 3.51. The van der Waals surface area contributed by atoms with E-state index >= 15 is 0 Å². The van der Waals surface area contributed by atoms with E-state index in [0.29, 0.717) is 12.0 Å². The average molecular weight is 224 g/mol. The molecular weight excluding hydrogens is 208 g/mol. The van der Waals surface area contributed by atoms with Crippen LogP contribution >= 0.6 is 0 Å². The molecule has 0 atom stereocenters. The van der Waals surface area contributed by atoms with Crippen molar-refractivity contribution in [1.29, 1.82) is 0 Å². The molecule has 1 aromatic rings. The van der Waals surface area contributed by atoms with Crippen LogP contribution in [0.5, 0.6) is 0 Å². The molecule has 1 rings (SSSR count). The summed E-state index contributed by atoms with van der Waals surface area (Å²) in [4.78, 5) is 0. The summed E-state index contributed by atoms with van der Waals surface area (Å²) in [5.74, 6) is 0.655. The predicted octanol–water partition coefficient (Wildman–Crippen LogP) is 1.73. The maximum Gasteiger partial charge on any atom is 0.359 e. The summed E-state index contributed by atoms with van der Waals surface area (Å²) in [6, 6.07) is 9.77. The van der Waals surface area contributed by atoms with Gasteiger partial charge in [-0.3, -0.25) is 0 Å². The standard InChI is InChI=1S/C11H16O3Si/c1-10(11-7-5-4-6-8-11)14-9-15(12-2)13-3/h4-8,15H,1,9H2,2-3H3. The first kappa shape index (κ1) is 12.0. The van der Waals surface area contributed by atoms with Gasteiger partial charge in [0.2, 0.25) is 0 Å². The molecule has 3 nitrogen and oxygen atoms in total. The van der Waals surface area contributed by atoms with Crippen LogP contribution in [0.15, 0.2) is 36.9 Å². The lowest BCUT2D eigenvalue weighted by atomic mass is 10.2. The highest BCUT2D eigenvalue weighted by molar-refractivity contribution is 6.44. The van der Waals surface area contributed by atoms with Crippen LogP contribution in [0.1, 0.15) is 5.56 Å². The van der Waals surface area contributed by atoms with E-state index in [1.165, 1.54) is 0 Å². The molecule has 0 bridgehead atoms. The molecular formula is C11H16O3Si. The fraction of sp³-hybridized carbons (Fsp3) is 0.273. The van der Waals surface area contributed by atoms with Gasteiger partial charge in [0.25, 0.3) is 0 Å². The van der Waals surface area contributed by atoms with Crippen LogP contribution < -0.4 is 0 Å². The van der Waals surface area contributed by atoms with Gasteiger partial charge in [-0.15, -0.1) is 0 Å². The van der Waals surface area contributed by atoms with Crippen molar-refractivity contribution >= 4 is 15.0 Å². The van der Waals surface area contributed by atoms with Crippen molar-refractivity contribution in [3.8, 4) is 0 Å². The molecule has 0 spiro atoms. The zero-order valence-corrected chi connectivity index (χ0v) is 10.3. The Kier molecular flexibility index (Phi) is 5.10. The topological polar surface area (TPSA) is 27.7 Å². The van der Waals surface area contributed by atoms with E-state index in [-0.39, 0.29) is 0 Å². The van der Waals surface area contributed by atoms with Crippen molar-refractivity contribution in [2.24, 2.45) is 0 Å². The molecule has 0 fully saturated rings. The van der Waals surface area contributed by atoms with Crippen LogP contribution in [-0.4, -0.2) is 29.7 Å². The fourth-order valence-corrected chi connectivity index (χ4v) is 1.91. The second kappa shape index (κ2) is 6.39. The average Bonchev–Trinajstić information content (AvgIpc) is 2.31. The molecule has 0 saturated carbocycles. The summed E-state index contributed by atoms with van der Waals surface area (Å²) >= 11 is 0. The van der Waals surface area contributed by atoms with E-state index in [1.807, 2.05) is 30.3 Å². The third kappa shape index (κ3) is 3.87. The second-order valence-corrected chi connectivity index (χ2v) is 5.14. The Morgan fingerprint density at radius 1 is 1.20 bits per heavy atom. The van der Waals surface area contributed by atoms with Crippen molar-refractivity contribution in [2.75, 3.05) is 20.4 Å². The van der Waals surface area contributed by atoms with Crippen LogP contribution in [0.2, 0.25) is 0 Å². The number of hydrogen-bond acceptors (Lipinski definition) is 3. The van der Waals surface area contributed by atoms with Gasteiger partial charge in [0.05, 0.1) is 0 Å². The summed E-state index contributed by atoms with van der Waals surface area (Å²) in [7, 11) is 1.61. The molecule has 82 valence electrons. The van der Waals surface area contributed by atoms with E-state index in [1.54, 1.807) is 14.2 Å². The van der Waals surface area contributed by atoms with Gasteiger partial charge in [0.1, 0.15) is 12.0 Å². The highest BCUT2D eigenvalue weighted by Gasteiger charge is 2.11. The molecule has 0 amide bonds. The number of rotatable bonds is 6. The summed E-state index contributed by atoms with van der Waals surface area (Å²) < 4.78 is 15.8. The lowest BCUT2D eigenvalue weighted by Crippen LogP contribution is -2.25. The molecule has 0 saturated heterocycles. The zero-order chi connectivity index (χ0) is 11.1. The molecule has 0 radical (unpaired) electrons. The van der Waals surface area contributed by atoms with Crippen LogP contribution in [0.4, 0.5) is 0 Å². The van der Waals surface area contributed by atoms with E-state index in [0.717, 1.165) is 5.56 Å². The number of benzene rings is 1. The van der Waals surface area contributed by atoms with Gasteiger partial charge < -0.3 is 13.6 Å². The highest BCUT2D eigenvalue weighted by Crippen LogP contribution is 2.12. The fourth-order valence-electron chi connectivity index (χ4n) is 1.11. The Balaban J connectivity index is 2.43. The second-order valence-electron chi connectivity index (χ2n) is 3.00. The number of ether oxygens (including phenoxy) is 1. The highest BCUT2D eigenvalue weighted by atomic mass is 28.3. The van der Waals surface area contributed by atoms with Crippen molar-refractivity contribution < 1.29 is 13.6 Å². The Morgan fingerprint density at radius 2 is 1.80 bits per heavy atom. The smallest absolute Gasteiger partial charge is 0.359 e. The minimum absolute atomic E-state index is 0.473. The molecule has 1 aromatic carbocycles. The van der Waals surface area contributed by atoms with Crippen molar-refractivity contribution in [2.45, 2.75) is 0 Å². The minimum Gasteiger partial charge on any atom is -0.492 e. The van der Waals surface area contributed by atoms with E-state index in [4.69, 9.17) is 13.6 Å². The molecule has 0 aliphatic rings. The van der Waals surface area contributed by atoms with Gasteiger partial charge in [-0.05, 0) is 0 Å².